The highest BCUT2D eigenvalue weighted by Gasteiger charge is 2.29. The zero-order valence-corrected chi connectivity index (χ0v) is 17.8. The highest BCUT2D eigenvalue weighted by atomic mass is 32.2. The lowest BCUT2D eigenvalue weighted by molar-refractivity contribution is 0.100. The second kappa shape index (κ2) is 8.05. The largest absolute Gasteiger partial charge is 0.366 e. The van der Waals surface area contributed by atoms with Gasteiger partial charge in [0, 0.05) is 36.3 Å². The van der Waals surface area contributed by atoms with Crippen molar-refractivity contribution in [3.05, 3.63) is 59.3 Å². The van der Waals surface area contributed by atoms with E-state index in [2.05, 4.69) is 4.98 Å². The van der Waals surface area contributed by atoms with Crippen molar-refractivity contribution in [3.8, 4) is 11.1 Å². The van der Waals surface area contributed by atoms with Gasteiger partial charge in [0.25, 0.3) is 5.91 Å². The van der Waals surface area contributed by atoms with Gasteiger partial charge < -0.3 is 10.7 Å². The number of hydrogen-bond donors (Lipinski definition) is 2. The summed E-state index contributed by atoms with van der Waals surface area (Å²) < 4.78 is 53.6. The maximum Gasteiger partial charge on any atom is 0.250 e. The molecule has 31 heavy (non-hydrogen) atoms. The van der Waals surface area contributed by atoms with E-state index in [0.29, 0.717) is 37.0 Å². The lowest BCUT2D eigenvalue weighted by Crippen LogP contribution is -2.38. The van der Waals surface area contributed by atoms with E-state index in [1.165, 1.54) is 16.4 Å². The monoisotopic (exact) mass is 447 g/mol. The van der Waals surface area contributed by atoms with Crippen LogP contribution in [0.25, 0.3) is 22.0 Å². The third-order valence-electron chi connectivity index (χ3n) is 5.98. The number of amides is 1. The Morgan fingerprint density at radius 2 is 1.90 bits per heavy atom. The zero-order chi connectivity index (χ0) is 22.3. The summed E-state index contributed by atoms with van der Waals surface area (Å²) in [5.74, 6) is -1.93. The molecule has 1 aliphatic heterocycles. The molecular weight excluding hydrogens is 424 g/mol. The average molecular weight is 448 g/mol. The van der Waals surface area contributed by atoms with Crippen LogP contribution in [0.1, 0.15) is 41.6 Å². The molecule has 0 unspecified atom stereocenters. The molecule has 0 bridgehead atoms. The summed E-state index contributed by atoms with van der Waals surface area (Å²) in [6.07, 6.45) is 3.07. The number of aromatic amines is 1. The van der Waals surface area contributed by atoms with Crippen LogP contribution in [0.5, 0.6) is 0 Å². The van der Waals surface area contributed by atoms with E-state index in [4.69, 9.17) is 5.73 Å². The number of benzene rings is 2. The number of hydrogen-bond acceptors (Lipinski definition) is 3. The molecule has 164 valence electrons. The van der Waals surface area contributed by atoms with Crippen LogP contribution in [0.4, 0.5) is 8.78 Å². The Labute approximate surface area is 179 Å². The van der Waals surface area contributed by atoms with E-state index >= 15 is 0 Å². The summed E-state index contributed by atoms with van der Waals surface area (Å²) in [4.78, 5) is 15.2. The number of nitrogens with one attached hydrogen (secondary N) is 1. The molecule has 0 aliphatic carbocycles. The van der Waals surface area contributed by atoms with Gasteiger partial charge in [0.15, 0.2) is 0 Å². The number of fused-ring (bicyclic) bond motifs is 1. The van der Waals surface area contributed by atoms with Crippen molar-refractivity contribution in [1.29, 1.82) is 0 Å². The van der Waals surface area contributed by atoms with Crippen LogP contribution >= 0.6 is 0 Å². The maximum atomic E-state index is 14.4. The molecule has 2 aromatic carbocycles. The number of H-pyrrole nitrogens is 1. The van der Waals surface area contributed by atoms with Crippen molar-refractivity contribution >= 4 is 26.8 Å². The number of nitrogens with two attached hydrogens (primary N) is 1. The summed E-state index contributed by atoms with van der Waals surface area (Å²) in [5.41, 5.74) is 7.86. The number of carbonyl (C=O) groups excluding carboxylic acids is 1. The smallest absolute Gasteiger partial charge is 0.250 e. The molecule has 1 saturated heterocycles. The van der Waals surface area contributed by atoms with E-state index in [-0.39, 0.29) is 22.8 Å². The fourth-order valence-electron chi connectivity index (χ4n) is 4.29. The first kappa shape index (κ1) is 21.5. The van der Waals surface area contributed by atoms with Crippen molar-refractivity contribution in [2.75, 3.05) is 18.8 Å². The Balaban J connectivity index is 1.76. The van der Waals surface area contributed by atoms with Crippen LogP contribution in [-0.2, 0) is 10.0 Å². The minimum Gasteiger partial charge on any atom is -0.366 e. The van der Waals surface area contributed by atoms with Gasteiger partial charge in [0.05, 0.1) is 16.8 Å². The predicted octanol–water partition coefficient (Wildman–Crippen LogP) is 3.74. The van der Waals surface area contributed by atoms with Crippen LogP contribution in [-0.4, -0.2) is 42.5 Å². The second-order valence-corrected chi connectivity index (χ2v) is 10.0. The van der Waals surface area contributed by atoms with Gasteiger partial charge in [-0.2, -0.15) is 0 Å². The number of sulfonamides is 1. The summed E-state index contributed by atoms with van der Waals surface area (Å²) >= 11 is 0. The molecule has 2 heterocycles. The Kier molecular flexibility index (Phi) is 5.57. The Bertz CT molecular complexity index is 1260. The molecule has 3 N–H and O–H groups in total. The zero-order valence-electron chi connectivity index (χ0n) is 17.0. The van der Waals surface area contributed by atoms with E-state index < -0.39 is 27.6 Å². The molecule has 4 rings (SSSR count). The maximum absolute atomic E-state index is 14.4. The number of primary amides is 1. The van der Waals surface area contributed by atoms with Crippen LogP contribution < -0.4 is 5.73 Å². The first-order chi connectivity index (χ1) is 14.7. The number of carbonyl (C=O) groups is 1. The summed E-state index contributed by atoms with van der Waals surface area (Å²) in [6, 6.07) is 6.55. The molecule has 1 aromatic heterocycles. The first-order valence-corrected chi connectivity index (χ1v) is 11.7. The van der Waals surface area contributed by atoms with Crippen LogP contribution in [0, 0.1) is 11.6 Å². The quantitative estimate of drug-likeness (QED) is 0.624. The SMILES string of the molecule is CCS(=O)(=O)N1CCC(c2c[nH]c3c(C(N)=O)cc(-c4ccc(F)cc4F)cc23)CC1. The van der Waals surface area contributed by atoms with E-state index in [9.17, 15) is 22.0 Å². The first-order valence-electron chi connectivity index (χ1n) is 10.1. The van der Waals surface area contributed by atoms with Crippen molar-refractivity contribution in [2.24, 2.45) is 5.73 Å². The van der Waals surface area contributed by atoms with E-state index in [1.54, 1.807) is 19.2 Å². The topological polar surface area (TPSA) is 96.3 Å². The van der Waals surface area contributed by atoms with Crippen LogP contribution in [0.15, 0.2) is 36.5 Å². The third-order valence-corrected chi connectivity index (χ3v) is 7.86. The lowest BCUT2D eigenvalue weighted by atomic mass is 9.88. The van der Waals surface area contributed by atoms with Gasteiger partial charge in [-0.05, 0) is 61.1 Å². The van der Waals surface area contributed by atoms with Crippen molar-refractivity contribution in [2.45, 2.75) is 25.7 Å². The second-order valence-electron chi connectivity index (χ2n) is 7.75. The third kappa shape index (κ3) is 3.95. The fourth-order valence-corrected chi connectivity index (χ4v) is 5.42. The molecule has 1 aliphatic rings. The average Bonchev–Trinajstić information content (AvgIpc) is 3.17. The van der Waals surface area contributed by atoms with Gasteiger partial charge in [0.1, 0.15) is 11.6 Å². The number of nitrogens with zero attached hydrogens (tertiary/aromatic N) is 1. The van der Waals surface area contributed by atoms with Crippen molar-refractivity contribution in [1.82, 2.24) is 9.29 Å². The van der Waals surface area contributed by atoms with Gasteiger partial charge in [-0.25, -0.2) is 21.5 Å². The molecule has 0 spiro atoms. The summed E-state index contributed by atoms with van der Waals surface area (Å²) in [7, 11) is -3.23. The molecule has 1 amide bonds. The Hall–Kier alpha value is -2.78. The van der Waals surface area contributed by atoms with Crippen molar-refractivity contribution < 1.29 is 22.0 Å². The number of aromatic nitrogens is 1. The molecule has 3 aromatic rings. The Morgan fingerprint density at radius 1 is 1.19 bits per heavy atom. The Morgan fingerprint density at radius 3 is 2.52 bits per heavy atom. The molecule has 6 nitrogen and oxygen atoms in total. The van der Waals surface area contributed by atoms with Gasteiger partial charge in [0.2, 0.25) is 10.0 Å². The fraction of sp³-hybridized carbons (Fsp3) is 0.318. The van der Waals surface area contributed by atoms with E-state index in [0.717, 1.165) is 23.1 Å². The summed E-state index contributed by atoms with van der Waals surface area (Å²) in [5, 5.41) is 0.729. The molecule has 0 radical (unpaired) electrons. The summed E-state index contributed by atoms with van der Waals surface area (Å²) in [6.45, 7) is 2.47. The van der Waals surface area contributed by atoms with Crippen LogP contribution in [0.3, 0.4) is 0 Å². The van der Waals surface area contributed by atoms with E-state index in [1.807, 2.05) is 0 Å². The molecule has 9 heteroatoms. The normalized spacial score (nSPS) is 16.1. The standard InChI is InChI=1S/C22H23F2N3O3S/c1-2-31(29,30)27-7-5-13(6-8-27)19-12-26-21-17(19)9-14(10-18(21)22(25)28)16-4-3-15(23)11-20(16)24/h3-4,9-13,26H,2,5-8H2,1H3,(H2,25,28). The minimum atomic E-state index is -3.23. The van der Waals surface area contributed by atoms with Crippen LogP contribution in [0.2, 0.25) is 0 Å². The highest BCUT2D eigenvalue weighted by molar-refractivity contribution is 7.89. The predicted molar refractivity (Wildman–Crippen MR) is 115 cm³/mol. The van der Waals surface area contributed by atoms with Gasteiger partial charge in [-0.1, -0.05) is 0 Å². The van der Waals surface area contributed by atoms with Gasteiger partial charge >= 0.3 is 0 Å². The van der Waals surface area contributed by atoms with Gasteiger partial charge in [-0.3, -0.25) is 4.79 Å². The molecule has 0 atom stereocenters. The van der Waals surface area contributed by atoms with Gasteiger partial charge in [-0.15, -0.1) is 0 Å². The lowest BCUT2D eigenvalue weighted by Gasteiger charge is -2.31. The highest BCUT2D eigenvalue weighted by Crippen LogP contribution is 2.37. The van der Waals surface area contributed by atoms with Crippen molar-refractivity contribution in [3.63, 3.8) is 0 Å². The number of rotatable bonds is 5. The minimum absolute atomic E-state index is 0.0688. The molecule has 1 fully saturated rings. The number of halogens is 2. The molecule has 0 saturated carbocycles. The molecular formula is C22H23F2N3O3S. The number of piperidine rings is 1.